The van der Waals surface area contributed by atoms with E-state index in [1.54, 1.807) is 11.3 Å². The van der Waals surface area contributed by atoms with Crippen LogP contribution >= 0.6 is 11.3 Å². The second-order valence-electron chi connectivity index (χ2n) is 6.78. The molecule has 1 aromatic rings. The molecule has 0 radical (unpaired) electrons. The Morgan fingerprint density at radius 2 is 2.32 bits per heavy atom. The maximum atomic E-state index is 12.2. The first-order chi connectivity index (χ1) is 10.3. The molecule has 1 fully saturated rings. The first-order valence-electron chi connectivity index (χ1n) is 7.96. The third kappa shape index (κ3) is 5.25. The highest BCUT2D eigenvalue weighted by atomic mass is 32.1. The third-order valence-electron chi connectivity index (χ3n) is 3.61. The maximum absolute atomic E-state index is 12.2. The molecule has 1 atom stereocenters. The highest BCUT2D eigenvalue weighted by Crippen LogP contribution is 2.20. The Balaban J connectivity index is 1.73. The van der Waals surface area contributed by atoms with Gasteiger partial charge in [0.25, 0.3) is 0 Å². The molecule has 1 N–H and O–H groups in total. The summed E-state index contributed by atoms with van der Waals surface area (Å²) in [5.74, 6) is 0. The molecular formula is C16H27N3O2S. The number of nitrogens with zero attached hydrogens (tertiary/aromatic N) is 2. The van der Waals surface area contributed by atoms with E-state index in [4.69, 9.17) is 4.74 Å². The minimum atomic E-state index is -0.430. The van der Waals surface area contributed by atoms with E-state index in [0.717, 1.165) is 49.6 Å². The Hall–Kier alpha value is -1.14. The number of aryl methyl sites for hydroxylation is 1. The SMILES string of the molecule is Cc1nc(CCNCC2CCCN2C(=O)OC(C)(C)C)cs1. The van der Waals surface area contributed by atoms with Gasteiger partial charge in [0, 0.05) is 37.5 Å². The first kappa shape index (κ1) is 17.2. The van der Waals surface area contributed by atoms with E-state index in [1.807, 2.05) is 32.6 Å². The van der Waals surface area contributed by atoms with Crippen LogP contribution in [0.2, 0.25) is 0 Å². The van der Waals surface area contributed by atoms with Crippen molar-refractivity contribution in [1.82, 2.24) is 15.2 Å². The van der Waals surface area contributed by atoms with Gasteiger partial charge < -0.3 is 15.0 Å². The van der Waals surface area contributed by atoms with Crippen LogP contribution in [-0.4, -0.2) is 47.3 Å². The minimum Gasteiger partial charge on any atom is -0.444 e. The van der Waals surface area contributed by atoms with Crippen LogP contribution in [0.3, 0.4) is 0 Å². The third-order valence-corrected chi connectivity index (χ3v) is 4.43. The van der Waals surface area contributed by atoms with Gasteiger partial charge >= 0.3 is 6.09 Å². The highest BCUT2D eigenvalue weighted by Gasteiger charge is 2.31. The van der Waals surface area contributed by atoms with Gasteiger partial charge in [0.05, 0.1) is 10.7 Å². The number of carbonyl (C=O) groups is 1. The van der Waals surface area contributed by atoms with Crippen molar-refractivity contribution in [2.24, 2.45) is 0 Å². The number of aromatic nitrogens is 1. The smallest absolute Gasteiger partial charge is 0.410 e. The van der Waals surface area contributed by atoms with Crippen molar-refractivity contribution in [3.8, 4) is 0 Å². The summed E-state index contributed by atoms with van der Waals surface area (Å²) >= 11 is 1.69. The Morgan fingerprint density at radius 1 is 1.55 bits per heavy atom. The predicted octanol–water partition coefficient (Wildman–Crippen LogP) is 2.98. The molecule has 1 aliphatic rings. The van der Waals surface area contributed by atoms with E-state index >= 15 is 0 Å². The molecule has 0 aromatic carbocycles. The molecule has 6 heteroatoms. The molecule has 1 amide bonds. The van der Waals surface area contributed by atoms with Crippen molar-refractivity contribution in [1.29, 1.82) is 0 Å². The van der Waals surface area contributed by atoms with Crippen LogP contribution in [0, 0.1) is 6.92 Å². The summed E-state index contributed by atoms with van der Waals surface area (Å²) in [4.78, 5) is 18.5. The molecule has 0 spiro atoms. The normalized spacial score (nSPS) is 18.7. The molecule has 0 aliphatic carbocycles. The Labute approximate surface area is 137 Å². The van der Waals surface area contributed by atoms with Gasteiger partial charge in [0.15, 0.2) is 0 Å². The summed E-state index contributed by atoms with van der Waals surface area (Å²) < 4.78 is 5.48. The zero-order valence-electron chi connectivity index (χ0n) is 14.0. The van der Waals surface area contributed by atoms with Crippen LogP contribution < -0.4 is 5.32 Å². The van der Waals surface area contributed by atoms with Gasteiger partial charge in [-0.05, 0) is 40.5 Å². The zero-order valence-corrected chi connectivity index (χ0v) is 14.8. The number of carbonyl (C=O) groups excluding carboxylic acids is 1. The molecule has 0 bridgehead atoms. The van der Waals surface area contributed by atoms with Gasteiger partial charge in [0.1, 0.15) is 5.60 Å². The summed E-state index contributed by atoms with van der Waals surface area (Å²) in [5.41, 5.74) is 0.713. The van der Waals surface area contributed by atoms with Gasteiger partial charge in [-0.3, -0.25) is 0 Å². The number of likely N-dealkylation sites (tertiary alicyclic amines) is 1. The van der Waals surface area contributed by atoms with E-state index in [2.05, 4.69) is 15.7 Å². The standard InChI is InChI=1S/C16H27N3O2S/c1-12-18-13(11-22-12)7-8-17-10-14-6-5-9-19(14)15(20)21-16(2,3)4/h11,14,17H,5-10H2,1-4H3. The van der Waals surface area contributed by atoms with Crippen LogP contribution in [0.5, 0.6) is 0 Å². The number of amides is 1. The summed E-state index contributed by atoms with van der Waals surface area (Å²) in [7, 11) is 0. The van der Waals surface area contributed by atoms with Gasteiger partial charge in [-0.2, -0.15) is 0 Å². The first-order valence-corrected chi connectivity index (χ1v) is 8.84. The Bertz CT molecular complexity index is 496. The molecule has 1 unspecified atom stereocenters. The largest absolute Gasteiger partial charge is 0.444 e. The highest BCUT2D eigenvalue weighted by molar-refractivity contribution is 7.09. The van der Waals surface area contributed by atoms with Crippen molar-refractivity contribution in [2.75, 3.05) is 19.6 Å². The molecule has 22 heavy (non-hydrogen) atoms. The molecular weight excluding hydrogens is 298 g/mol. The van der Waals surface area contributed by atoms with E-state index in [1.165, 1.54) is 0 Å². The zero-order chi connectivity index (χ0) is 16.2. The van der Waals surface area contributed by atoms with E-state index in [-0.39, 0.29) is 12.1 Å². The number of hydrogen-bond donors (Lipinski definition) is 1. The number of nitrogens with one attached hydrogen (secondary N) is 1. The van der Waals surface area contributed by atoms with Crippen molar-refractivity contribution in [2.45, 2.75) is 58.6 Å². The number of hydrogen-bond acceptors (Lipinski definition) is 5. The van der Waals surface area contributed by atoms with Crippen molar-refractivity contribution in [3.63, 3.8) is 0 Å². The molecule has 1 saturated heterocycles. The summed E-state index contributed by atoms with van der Waals surface area (Å²) in [6.07, 6.45) is 2.84. The van der Waals surface area contributed by atoms with Crippen molar-refractivity contribution in [3.05, 3.63) is 16.1 Å². The Morgan fingerprint density at radius 3 is 2.95 bits per heavy atom. The van der Waals surface area contributed by atoms with Crippen LogP contribution in [-0.2, 0) is 11.2 Å². The van der Waals surface area contributed by atoms with Gasteiger partial charge in [-0.1, -0.05) is 0 Å². The molecule has 1 aromatic heterocycles. The van der Waals surface area contributed by atoms with Crippen LogP contribution in [0.15, 0.2) is 5.38 Å². The summed E-state index contributed by atoms with van der Waals surface area (Å²) in [6, 6.07) is 0.243. The molecule has 5 nitrogen and oxygen atoms in total. The van der Waals surface area contributed by atoms with Crippen LogP contribution in [0.4, 0.5) is 4.79 Å². The predicted molar refractivity (Wildman–Crippen MR) is 89.4 cm³/mol. The van der Waals surface area contributed by atoms with Crippen LogP contribution in [0.1, 0.15) is 44.3 Å². The fraction of sp³-hybridized carbons (Fsp3) is 0.750. The van der Waals surface area contributed by atoms with E-state index < -0.39 is 5.60 Å². The van der Waals surface area contributed by atoms with Crippen molar-refractivity contribution < 1.29 is 9.53 Å². The summed E-state index contributed by atoms with van der Waals surface area (Å²) in [6.45, 7) is 10.3. The Kier molecular flexibility index (Phi) is 5.81. The van der Waals surface area contributed by atoms with Crippen LogP contribution in [0.25, 0.3) is 0 Å². The topological polar surface area (TPSA) is 54.5 Å². The lowest BCUT2D eigenvalue weighted by Crippen LogP contribution is -2.44. The monoisotopic (exact) mass is 325 g/mol. The lowest BCUT2D eigenvalue weighted by atomic mass is 10.2. The molecule has 2 heterocycles. The van der Waals surface area contributed by atoms with Gasteiger partial charge in [0.2, 0.25) is 0 Å². The average molecular weight is 325 g/mol. The van der Waals surface area contributed by atoms with E-state index in [9.17, 15) is 4.79 Å². The fourth-order valence-electron chi connectivity index (χ4n) is 2.62. The lowest BCUT2D eigenvalue weighted by Gasteiger charge is -2.28. The number of rotatable bonds is 5. The maximum Gasteiger partial charge on any atom is 0.410 e. The van der Waals surface area contributed by atoms with E-state index in [0.29, 0.717) is 0 Å². The van der Waals surface area contributed by atoms with Gasteiger partial charge in [-0.15, -0.1) is 11.3 Å². The summed E-state index contributed by atoms with van der Waals surface area (Å²) in [5, 5.41) is 6.67. The average Bonchev–Trinajstić information content (AvgIpc) is 3.01. The minimum absolute atomic E-state index is 0.188. The number of thiazole rings is 1. The second-order valence-corrected chi connectivity index (χ2v) is 7.84. The lowest BCUT2D eigenvalue weighted by molar-refractivity contribution is 0.0227. The van der Waals surface area contributed by atoms with Crippen molar-refractivity contribution >= 4 is 17.4 Å². The fourth-order valence-corrected chi connectivity index (χ4v) is 3.26. The molecule has 0 saturated carbocycles. The molecule has 1 aliphatic heterocycles. The number of ether oxygens (including phenoxy) is 1. The second kappa shape index (κ2) is 7.42. The van der Waals surface area contributed by atoms with Gasteiger partial charge in [-0.25, -0.2) is 9.78 Å². The molecule has 2 rings (SSSR count). The molecule has 124 valence electrons. The quantitative estimate of drug-likeness (QED) is 0.846.